The van der Waals surface area contributed by atoms with Crippen LogP contribution in [0.2, 0.25) is 0 Å². The van der Waals surface area contributed by atoms with Crippen molar-refractivity contribution < 1.29 is 34.5 Å². The van der Waals surface area contributed by atoms with Crippen LogP contribution in [-0.4, -0.2) is 44.3 Å². The first-order chi connectivity index (χ1) is 17.5. The van der Waals surface area contributed by atoms with Crippen LogP contribution in [0.15, 0.2) is 53.6 Å². The molecule has 3 aliphatic carbocycles. The van der Waals surface area contributed by atoms with E-state index in [-0.39, 0.29) is 35.6 Å². The van der Waals surface area contributed by atoms with Crippen molar-refractivity contribution in [1.29, 1.82) is 0 Å². The molecule has 5 rings (SSSR count). The Balaban J connectivity index is 1.57. The zero-order valence-corrected chi connectivity index (χ0v) is 20.1. The lowest BCUT2D eigenvalue weighted by Crippen LogP contribution is -2.60. The third-order valence-corrected chi connectivity index (χ3v) is 7.66. The van der Waals surface area contributed by atoms with Crippen molar-refractivity contribution >= 4 is 29.1 Å². The Morgan fingerprint density at radius 1 is 1.08 bits per heavy atom. The Bertz CT molecular complexity index is 1440. The molecule has 2 amide bonds. The summed E-state index contributed by atoms with van der Waals surface area (Å²) in [4.78, 5) is 49.4. The molecule has 0 spiro atoms. The lowest BCUT2D eigenvalue weighted by Gasteiger charge is -2.45. The number of nitrogens with one attached hydrogen (secondary N) is 1. The molecule has 0 aliphatic heterocycles. The van der Waals surface area contributed by atoms with Gasteiger partial charge in [0.1, 0.15) is 11.5 Å². The van der Waals surface area contributed by atoms with Gasteiger partial charge in [-0.2, -0.15) is 0 Å². The number of aromatic hydroxyl groups is 1. The fourth-order valence-electron chi connectivity index (χ4n) is 5.81. The average Bonchev–Trinajstić information content (AvgIpc) is 2.85. The molecule has 190 valence electrons. The number of ketones is 2. The van der Waals surface area contributed by atoms with E-state index in [0.717, 1.165) is 16.7 Å². The van der Waals surface area contributed by atoms with Crippen molar-refractivity contribution in [3.05, 3.63) is 70.3 Å². The van der Waals surface area contributed by atoms with Crippen molar-refractivity contribution in [3.8, 4) is 16.9 Å². The van der Waals surface area contributed by atoms with Gasteiger partial charge in [0.15, 0.2) is 5.60 Å². The number of hydrogen-bond acceptors (Lipinski definition) is 7. The summed E-state index contributed by atoms with van der Waals surface area (Å²) in [5.74, 6) is -5.15. The summed E-state index contributed by atoms with van der Waals surface area (Å²) in [5, 5.41) is 35.9. The number of phenolic OH excluding ortho intramolecular Hbond substituents is 1. The highest BCUT2D eigenvalue weighted by atomic mass is 16.3. The van der Waals surface area contributed by atoms with Crippen LogP contribution in [0.5, 0.6) is 5.75 Å². The summed E-state index contributed by atoms with van der Waals surface area (Å²) in [6, 6.07) is 10.6. The monoisotopic (exact) mass is 502 g/mol. The van der Waals surface area contributed by atoms with Crippen molar-refractivity contribution in [2.24, 2.45) is 17.6 Å². The van der Waals surface area contributed by atoms with Crippen LogP contribution in [0.25, 0.3) is 16.9 Å². The number of carbonyl (C=O) groups excluding carboxylic acids is 4. The standard InChI is InChI=1S/C28H26N2O7/c1-13(31)30-12-14-2-4-15(5-3-14)18-8-9-21(32)23-20(18)11-16-10-17-6-7-19(27(29)36)25(34)28(17,37)26(35)22(16)24(23)33/h2-5,7-9,16-17,32-33,37H,6,10-12H2,1H3,(H2,29,36)(H,30,31)/t16-,17-,28-/m1/s1. The fraction of sp³-hybridized carbons (Fsp3) is 0.286. The summed E-state index contributed by atoms with van der Waals surface area (Å²) in [5.41, 5.74) is 5.44. The molecule has 37 heavy (non-hydrogen) atoms. The van der Waals surface area contributed by atoms with Crippen LogP contribution in [0, 0.1) is 11.8 Å². The number of rotatable bonds is 4. The van der Waals surface area contributed by atoms with E-state index in [9.17, 15) is 34.5 Å². The number of hydrogen-bond donors (Lipinski definition) is 5. The predicted octanol–water partition coefficient (Wildman–Crippen LogP) is 1.84. The lowest BCUT2D eigenvalue weighted by molar-refractivity contribution is -0.157. The van der Waals surface area contributed by atoms with Crippen LogP contribution in [-0.2, 0) is 32.1 Å². The highest BCUT2D eigenvalue weighted by Crippen LogP contribution is 2.51. The van der Waals surface area contributed by atoms with Crippen molar-refractivity contribution in [2.75, 3.05) is 0 Å². The number of benzene rings is 2. The molecule has 0 heterocycles. The minimum absolute atomic E-state index is 0.0791. The van der Waals surface area contributed by atoms with Crippen LogP contribution < -0.4 is 11.1 Å². The third-order valence-electron chi connectivity index (χ3n) is 7.66. The Hall–Kier alpha value is -4.24. The highest BCUT2D eigenvalue weighted by molar-refractivity contribution is 6.32. The van der Waals surface area contributed by atoms with Gasteiger partial charge in [0.2, 0.25) is 17.5 Å². The second kappa shape index (κ2) is 8.70. The molecular formula is C28H26N2O7. The molecule has 0 aromatic heterocycles. The fourth-order valence-corrected chi connectivity index (χ4v) is 5.81. The van der Waals surface area contributed by atoms with Gasteiger partial charge >= 0.3 is 0 Å². The topological polar surface area (TPSA) is 167 Å². The number of aliphatic hydroxyl groups excluding tert-OH is 1. The van der Waals surface area contributed by atoms with E-state index in [1.54, 1.807) is 6.07 Å². The molecule has 0 radical (unpaired) electrons. The van der Waals surface area contributed by atoms with Crippen LogP contribution in [0.4, 0.5) is 0 Å². The van der Waals surface area contributed by atoms with Gasteiger partial charge in [-0.3, -0.25) is 19.2 Å². The van der Waals surface area contributed by atoms with E-state index in [4.69, 9.17) is 5.73 Å². The van der Waals surface area contributed by atoms with Gasteiger partial charge in [0.25, 0.3) is 5.91 Å². The minimum Gasteiger partial charge on any atom is -0.507 e. The van der Waals surface area contributed by atoms with Gasteiger partial charge in [-0.1, -0.05) is 36.4 Å². The molecule has 9 heteroatoms. The van der Waals surface area contributed by atoms with Crippen LogP contribution in [0.1, 0.15) is 36.5 Å². The number of amides is 2. The molecule has 3 aliphatic rings. The van der Waals surface area contributed by atoms with Gasteiger partial charge in [-0.25, -0.2) is 0 Å². The van der Waals surface area contributed by atoms with Crippen molar-refractivity contribution in [2.45, 2.75) is 38.3 Å². The molecule has 0 bridgehead atoms. The Morgan fingerprint density at radius 2 is 1.78 bits per heavy atom. The van der Waals surface area contributed by atoms with E-state index in [1.165, 1.54) is 19.1 Å². The first-order valence-electron chi connectivity index (χ1n) is 12.0. The Kier molecular flexibility index (Phi) is 5.75. The lowest BCUT2D eigenvalue weighted by atomic mass is 9.59. The number of carbonyl (C=O) groups is 4. The zero-order valence-electron chi connectivity index (χ0n) is 20.1. The number of phenols is 1. The normalized spacial score (nSPS) is 24.5. The quantitative estimate of drug-likeness (QED) is 0.314. The van der Waals surface area contributed by atoms with Gasteiger partial charge in [-0.15, -0.1) is 0 Å². The highest BCUT2D eigenvalue weighted by Gasteiger charge is 2.60. The molecule has 1 fully saturated rings. The van der Waals surface area contributed by atoms with Gasteiger partial charge in [0.05, 0.1) is 11.1 Å². The molecule has 1 saturated carbocycles. The predicted molar refractivity (Wildman–Crippen MR) is 133 cm³/mol. The number of nitrogens with two attached hydrogens (primary N) is 1. The summed E-state index contributed by atoms with van der Waals surface area (Å²) >= 11 is 0. The third kappa shape index (κ3) is 3.74. The average molecular weight is 503 g/mol. The molecule has 9 nitrogen and oxygen atoms in total. The van der Waals surface area contributed by atoms with E-state index in [2.05, 4.69) is 5.32 Å². The molecular weight excluding hydrogens is 476 g/mol. The maximum Gasteiger partial charge on any atom is 0.252 e. The molecule has 3 atom stereocenters. The van der Waals surface area contributed by atoms with E-state index >= 15 is 0 Å². The van der Waals surface area contributed by atoms with E-state index < -0.39 is 46.2 Å². The second-order valence-corrected chi connectivity index (χ2v) is 9.83. The number of allylic oxidation sites excluding steroid dienone is 1. The maximum atomic E-state index is 13.5. The number of Topliss-reactive ketones (excluding diaryl/α,β-unsaturated/α-hetero) is 2. The van der Waals surface area contributed by atoms with Gasteiger partial charge < -0.3 is 26.4 Å². The summed E-state index contributed by atoms with van der Waals surface area (Å²) in [6.45, 7) is 1.83. The molecule has 2 aromatic rings. The SMILES string of the molecule is CC(=O)NCc1ccc(-c2ccc(O)c3c2C[C@H]2C[C@H]4CC=C(C(N)=O)C(=O)[C@@]4(O)C(=O)C2=C3O)cc1. The first kappa shape index (κ1) is 24.5. The first-order valence-corrected chi connectivity index (χ1v) is 12.0. The van der Waals surface area contributed by atoms with Gasteiger partial charge in [-0.05, 0) is 53.5 Å². The molecule has 0 saturated heterocycles. The smallest absolute Gasteiger partial charge is 0.252 e. The number of aliphatic hydroxyl groups is 2. The zero-order chi connectivity index (χ0) is 26.6. The second-order valence-electron chi connectivity index (χ2n) is 9.83. The number of fused-ring (bicyclic) bond motifs is 3. The largest absolute Gasteiger partial charge is 0.507 e. The summed E-state index contributed by atoms with van der Waals surface area (Å²) < 4.78 is 0. The maximum absolute atomic E-state index is 13.5. The van der Waals surface area contributed by atoms with Crippen LogP contribution in [0.3, 0.4) is 0 Å². The summed E-state index contributed by atoms with van der Waals surface area (Å²) in [7, 11) is 0. The Morgan fingerprint density at radius 3 is 2.43 bits per heavy atom. The Labute approximate surface area is 212 Å². The van der Waals surface area contributed by atoms with E-state index in [1.807, 2.05) is 24.3 Å². The minimum atomic E-state index is -2.49. The molecule has 0 unspecified atom stereocenters. The molecule has 2 aromatic carbocycles. The number of primary amides is 1. The summed E-state index contributed by atoms with van der Waals surface area (Å²) in [6.07, 6.45) is 2.00. The molecule has 6 N–H and O–H groups in total. The van der Waals surface area contributed by atoms with Gasteiger partial charge in [0, 0.05) is 25.0 Å². The van der Waals surface area contributed by atoms with Crippen molar-refractivity contribution in [1.82, 2.24) is 5.32 Å². The van der Waals surface area contributed by atoms with E-state index in [0.29, 0.717) is 18.5 Å². The van der Waals surface area contributed by atoms with Crippen LogP contribution >= 0.6 is 0 Å². The van der Waals surface area contributed by atoms with Crippen molar-refractivity contribution in [3.63, 3.8) is 0 Å².